The fourth-order valence-corrected chi connectivity index (χ4v) is 3.17. The number of rotatable bonds is 6. The molecule has 0 unspecified atom stereocenters. The van der Waals surface area contributed by atoms with Crippen LogP contribution < -0.4 is 11.1 Å². The van der Waals surface area contributed by atoms with Crippen molar-refractivity contribution in [1.82, 2.24) is 15.5 Å². The molecule has 0 saturated heterocycles. The fourth-order valence-electron chi connectivity index (χ4n) is 1.50. The average Bonchev–Trinajstić information content (AvgIpc) is 2.82. The number of amides is 1. The third-order valence-corrected chi connectivity index (χ3v) is 4.49. The van der Waals surface area contributed by atoms with Crippen LogP contribution in [0.5, 0.6) is 0 Å². The second kappa shape index (κ2) is 7.47. The number of carbonyl (C=O) groups is 1. The molecule has 0 aliphatic heterocycles. The van der Waals surface area contributed by atoms with Gasteiger partial charge in [0.2, 0.25) is 11.0 Å². The summed E-state index contributed by atoms with van der Waals surface area (Å²) in [7, 11) is 0. The van der Waals surface area contributed by atoms with Gasteiger partial charge in [-0.25, -0.2) is 0 Å². The highest BCUT2D eigenvalue weighted by atomic mass is 35.5. The zero-order valence-electron chi connectivity index (χ0n) is 10.5. The van der Waals surface area contributed by atoms with Crippen LogP contribution in [0.4, 0.5) is 5.13 Å². The van der Waals surface area contributed by atoms with Gasteiger partial charge in [-0.15, -0.1) is 10.2 Å². The van der Waals surface area contributed by atoms with Crippen molar-refractivity contribution in [3.8, 4) is 0 Å². The summed E-state index contributed by atoms with van der Waals surface area (Å²) in [5.74, 6) is 0.273. The summed E-state index contributed by atoms with van der Waals surface area (Å²) in [6.07, 6.45) is 0.753. The molecule has 3 N–H and O–H groups in total. The van der Waals surface area contributed by atoms with Gasteiger partial charge in [-0.05, 0) is 24.1 Å². The van der Waals surface area contributed by atoms with Crippen LogP contribution in [-0.2, 0) is 11.2 Å². The van der Waals surface area contributed by atoms with E-state index in [1.54, 1.807) is 0 Å². The lowest BCUT2D eigenvalue weighted by Gasteiger charge is -2.04. The van der Waals surface area contributed by atoms with Crippen molar-refractivity contribution < 1.29 is 4.79 Å². The van der Waals surface area contributed by atoms with Gasteiger partial charge in [0.25, 0.3) is 0 Å². The summed E-state index contributed by atoms with van der Waals surface area (Å²) < 4.78 is 0.701. The number of nitrogens with two attached hydrogens (primary N) is 1. The number of thioether (sulfide) groups is 1. The Balaban J connectivity index is 1.67. The Morgan fingerprint density at radius 3 is 3.00 bits per heavy atom. The highest BCUT2D eigenvalue weighted by Gasteiger charge is 2.06. The lowest BCUT2D eigenvalue weighted by Crippen LogP contribution is -2.27. The van der Waals surface area contributed by atoms with E-state index in [9.17, 15) is 4.79 Å². The van der Waals surface area contributed by atoms with Crippen LogP contribution in [0, 0.1) is 0 Å². The zero-order valence-corrected chi connectivity index (χ0v) is 12.9. The number of nitrogens with one attached hydrogen (secondary N) is 1. The Hall–Kier alpha value is -1.31. The van der Waals surface area contributed by atoms with Gasteiger partial charge in [-0.3, -0.25) is 4.79 Å². The molecule has 1 heterocycles. The average molecular weight is 329 g/mol. The summed E-state index contributed by atoms with van der Waals surface area (Å²) >= 11 is 8.50. The molecule has 0 bridgehead atoms. The van der Waals surface area contributed by atoms with E-state index >= 15 is 0 Å². The van der Waals surface area contributed by atoms with E-state index in [2.05, 4.69) is 15.5 Å². The maximum Gasteiger partial charge on any atom is 0.230 e. The van der Waals surface area contributed by atoms with Crippen molar-refractivity contribution in [3.05, 3.63) is 34.9 Å². The predicted octanol–water partition coefficient (Wildman–Crippen LogP) is 2.22. The number of benzene rings is 1. The van der Waals surface area contributed by atoms with Crippen molar-refractivity contribution in [1.29, 1.82) is 0 Å². The molecule has 0 aliphatic carbocycles. The summed E-state index contributed by atoms with van der Waals surface area (Å²) in [6.45, 7) is 0.581. The molecule has 0 saturated carbocycles. The Labute approximate surface area is 129 Å². The molecule has 0 atom stereocenters. The number of anilines is 1. The first-order chi connectivity index (χ1) is 9.63. The Morgan fingerprint density at radius 2 is 2.30 bits per heavy atom. The lowest BCUT2D eigenvalue weighted by molar-refractivity contribution is -0.118. The third kappa shape index (κ3) is 4.99. The van der Waals surface area contributed by atoms with Gasteiger partial charge in [-0.1, -0.05) is 46.8 Å². The maximum absolute atomic E-state index is 11.6. The second-order valence-electron chi connectivity index (χ2n) is 3.92. The summed E-state index contributed by atoms with van der Waals surface area (Å²) in [6, 6.07) is 7.60. The van der Waals surface area contributed by atoms with Crippen molar-refractivity contribution in [2.24, 2.45) is 0 Å². The van der Waals surface area contributed by atoms with E-state index in [0.717, 1.165) is 12.0 Å². The molecule has 0 aliphatic rings. The van der Waals surface area contributed by atoms with Crippen LogP contribution in [0.25, 0.3) is 0 Å². The zero-order chi connectivity index (χ0) is 14.4. The molecule has 2 aromatic rings. The van der Waals surface area contributed by atoms with Crippen molar-refractivity contribution in [3.63, 3.8) is 0 Å². The second-order valence-corrected chi connectivity index (χ2v) is 6.59. The summed E-state index contributed by atoms with van der Waals surface area (Å²) in [5.41, 5.74) is 6.56. The smallest absolute Gasteiger partial charge is 0.230 e. The van der Waals surface area contributed by atoms with Crippen molar-refractivity contribution in [2.75, 3.05) is 18.0 Å². The van der Waals surface area contributed by atoms with Crippen LogP contribution in [0.15, 0.2) is 28.6 Å². The molecule has 1 aromatic carbocycles. The molecule has 0 fully saturated rings. The molecular weight excluding hydrogens is 316 g/mol. The van der Waals surface area contributed by atoms with E-state index in [1.165, 1.54) is 23.1 Å². The first-order valence-electron chi connectivity index (χ1n) is 5.86. The quantitative estimate of drug-likeness (QED) is 0.795. The number of nitrogen functional groups attached to an aromatic ring is 1. The SMILES string of the molecule is Nc1nnc(SCC(=O)NCCc2cccc(Cl)c2)s1. The topological polar surface area (TPSA) is 80.9 Å². The van der Waals surface area contributed by atoms with Gasteiger partial charge in [-0.2, -0.15) is 0 Å². The Bertz CT molecular complexity index is 590. The minimum atomic E-state index is -0.0363. The maximum atomic E-state index is 11.6. The van der Waals surface area contributed by atoms with Crippen LogP contribution in [-0.4, -0.2) is 28.4 Å². The van der Waals surface area contributed by atoms with Crippen LogP contribution in [0.2, 0.25) is 5.02 Å². The van der Waals surface area contributed by atoms with Gasteiger partial charge in [0.1, 0.15) is 0 Å². The van der Waals surface area contributed by atoms with Gasteiger partial charge in [0.15, 0.2) is 4.34 Å². The molecule has 5 nitrogen and oxygen atoms in total. The Morgan fingerprint density at radius 1 is 1.45 bits per heavy atom. The molecule has 1 aromatic heterocycles. The number of nitrogens with zero attached hydrogens (tertiary/aromatic N) is 2. The number of carbonyl (C=O) groups excluding carboxylic acids is 1. The molecule has 1 amide bonds. The van der Waals surface area contributed by atoms with Crippen LogP contribution >= 0.6 is 34.7 Å². The molecule has 0 spiro atoms. The molecular formula is C12H13ClN4OS2. The van der Waals surface area contributed by atoms with E-state index in [1.807, 2.05) is 24.3 Å². The minimum absolute atomic E-state index is 0.0363. The predicted molar refractivity (Wildman–Crippen MR) is 83.2 cm³/mol. The lowest BCUT2D eigenvalue weighted by atomic mass is 10.1. The molecule has 20 heavy (non-hydrogen) atoms. The van der Waals surface area contributed by atoms with Gasteiger partial charge in [0.05, 0.1) is 5.75 Å². The number of halogens is 1. The minimum Gasteiger partial charge on any atom is -0.374 e. The van der Waals surface area contributed by atoms with E-state index in [4.69, 9.17) is 17.3 Å². The third-order valence-electron chi connectivity index (χ3n) is 2.37. The number of aromatic nitrogens is 2. The standard InChI is InChI=1S/C12H13ClN4OS2/c13-9-3-1-2-8(6-9)4-5-15-10(18)7-19-12-17-16-11(14)20-12/h1-3,6H,4-5,7H2,(H2,14,16)(H,15,18). The highest BCUT2D eigenvalue weighted by molar-refractivity contribution is 8.01. The first-order valence-corrected chi connectivity index (χ1v) is 8.04. The van der Waals surface area contributed by atoms with E-state index < -0.39 is 0 Å². The largest absolute Gasteiger partial charge is 0.374 e. The molecule has 8 heteroatoms. The van der Waals surface area contributed by atoms with E-state index in [-0.39, 0.29) is 5.91 Å². The normalized spacial score (nSPS) is 10.4. The molecule has 2 rings (SSSR count). The Kier molecular flexibility index (Phi) is 5.63. The van der Waals surface area contributed by atoms with Crippen molar-refractivity contribution in [2.45, 2.75) is 10.8 Å². The first kappa shape index (κ1) is 15.1. The monoisotopic (exact) mass is 328 g/mol. The van der Waals surface area contributed by atoms with Gasteiger partial charge >= 0.3 is 0 Å². The van der Waals surface area contributed by atoms with Crippen molar-refractivity contribution >= 4 is 45.7 Å². The number of hydrogen-bond acceptors (Lipinski definition) is 6. The van der Waals surface area contributed by atoms with Crippen LogP contribution in [0.3, 0.4) is 0 Å². The summed E-state index contributed by atoms with van der Waals surface area (Å²) in [4.78, 5) is 11.6. The highest BCUT2D eigenvalue weighted by Crippen LogP contribution is 2.22. The number of hydrogen-bond donors (Lipinski definition) is 2. The fraction of sp³-hybridized carbons (Fsp3) is 0.250. The van der Waals surface area contributed by atoms with Gasteiger partial charge in [0, 0.05) is 11.6 Å². The van der Waals surface area contributed by atoms with Crippen LogP contribution in [0.1, 0.15) is 5.56 Å². The molecule has 106 valence electrons. The molecule has 0 radical (unpaired) electrons. The summed E-state index contributed by atoms with van der Waals surface area (Å²) in [5, 5.41) is 11.5. The van der Waals surface area contributed by atoms with Gasteiger partial charge < -0.3 is 11.1 Å². The van der Waals surface area contributed by atoms with E-state index in [0.29, 0.717) is 26.8 Å².